The molecule has 1 amide bonds. The third-order valence-corrected chi connectivity index (χ3v) is 4.58. The monoisotopic (exact) mass is 383 g/mol. The molecular formula is C17H16Cl2FN3O2. The molecular weight excluding hydrogens is 368 g/mol. The van der Waals surface area contributed by atoms with Gasteiger partial charge in [0.2, 0.25) is 0 Å². The molecule has 1 aliphatic carbocycles. The first-order chi connectivity index (χ1) is 12.0. The summed E-state index contributed by atoms with van der Waals surface area (Å²) in [6.45, 7) is 0. The van der Waals surface area contributed by atoms with Crippen LogP contribution in [0, 0.1) is 5.82 Å². The SMILES string of the molecule is O=C(NC1CCC(Oc2ncc(Cl)cn2)CC1)c1c(F)cccc1Cl. The molecule has 0 unspecified atom stereocenters. The van der Waals surface area contributed by atoms with Gasteiger partial charge < -0.3 is 10.1 Å². The maximum absolute atomic E-state index is 13.8. The van der Waals surface area contributed by atoms with Gasteiger partial charge in [0.25, 0.3) is 5.91 Å². The van der Waals surface area contributed by atoms with Crippen LogP contribution in [0.15, 0.2) is 30.6 Å². The number of hydrogen-bond acceptors (Lipinski definition) is 4. The van der Waals surface area contributed by atoms with Crippen LogP contribution in [0.4, 0.5) is 4.39 Å². The van der Waals surface area contributed by atoms with E-state index in [-0.39, 0.29) is 28.7 Å². The van der Waals surface area contributed by atoms with Crippen molar-refractivity contribution in [1.82, 2.24) is 15.3 Å². The number of carbonyl (C=O) groups excluding carboxylic acids is 1. The number of ether oxygens (including phenoxy) is 1. The van der Waals surface area contributed by atoms with Crippen LogP contribution in [-0.2, 0) is 0 Å². The highest BCUT2D eigenvalue weighted by atomic mass is 35.5. The molecule has 1 fully saturated rings. The van der Waals surface area contributed by atoms with Gasteiger partial charge in [0.1, 0.15) is 11.9 Å². The van der Waals surface area contributed by atoms with E-state index in [0.717, 1.165) is 25.7 Å². The lowest BCUT2D eigenvalue weighted by Crippen LogP contribution is -2.40. The van der Waals surface area contributed by atoms with Crippen LogP contribution in [0.2, 0.25) is 10.0 Å². The predicted octanol–water partition coefficient (Wildman–Crippen LogP) is 4.04. The Morgan fingerprint density at radius 1 is 1.16 bits per heavy atom. The van der Waals surface area contributed by atoms with Gasteiger partial charge in [0, 0.05) is 6.04 Å². The van der Waals surface area contributed by atoms with E-state index < -0.39 is 11.7 Å². The van der Waals surface area contributed by atoms with Crippen molar-refractivity contribution in [2.75, 3.05) is 0 Å². The van der Waals surface area contributed by atoms with Gasteiger partial charge in [-0.3, -0.25) is 4.79 Å². The minimum atomic E-state index is -0.623. The number of aromatic nitrogens is 2. The molecule has 5 nitrogen and oxygen atoms in total. The van der Waals surface area contributed by atoms with Gasteiger partial charge in [-0.1, -0.05) is 29.3 Å². The topological polar surface area (TPSA) is 64.1 Å². The molecule has 1 N–H and O–H groups in total. The summed E-state index contributed by atoms with van der Waals surface area (Å²) in [5, 5.41) is 3.40. The van der Waals surface area contributed by atoms with Crippen molar-refractivity contribution in [3.05, 3.63) is 52.0 Å². The maximum atomic E-state index is 13.8. The fourth-order valence-corrected chi connectivity index (χ4v) is 3.15. The molecule has 1 aromatic heterocycles. The molecule has 1 aliphatic rings. The number of amides is 1. The number of benzene rings is 1. The summed E-state index contributed by atoms with van der Waals surface area (Å²) in [6.07, 6.45) is 5.85. The van der Waals surface area contributed by atoms with Crippen LogP contribution >= 0.6 is 23.2 Å². The standard InChI is InChI=1S/C17H16Cl2FN3O2/c18-10-8-21-17(22-9-10)25-12-6-4-11(5-7-12)23-16(24)15-13(19)2-1-3-14(15)20/h1-3,8-9,11-12H,4-7H2,(H,23,24). The van der Waals surface area contributed by atoms with Crippen molar-refractivity contribution in [1.29, 1.82) is 0 Å². The van der Waals surface area contributed by atoms with E-state index in [1.54, 1.807) is 0 Å². The van der Waals surface area contributed by atoms with E-state index in [1.165, 1.54) is 30.6 Å². The van der Waals surface area contributed by atoms with E-state index in [2.05, 4.69) is 15.3 Å². The first-order valence-electron chi connectivity index (χ1n) is 7.92. The summed E-state index contributed by atoms with van der Waals surface area (Å²) < 4.78 is 19.5. The normalized spacial score (nSPS) is 20.1. The summed E-state index contributed by atoms with van der Waals surface area (Å²) in [6, 6.07) is 4.42. The molecule has 0 aliphatic heterocycles. The number of halogens is 3. The van der Waals surface area contributed by atoms with Crippen LogP contribution in [0.5, 0.6) is 6.01 Å². The molecule has 0 radical (unpaired) electrons. The van der Waals surface area contributed by atoms with Crippen molar-refractivity contribution < 1.29 is 13.9 Å². The van der Waals surface area contributed by atoms with Crippen molar-refractivity contribution >= 4 is 29.1 Å². The van der Waals surface area contributed by atoms with Crippen LogP contribution in [0.1, 0.15) is 36.0 Å². The average Bonchev–Trinajstić information content (AvgIpc) is 2.58. The van der Waals surface area contributed by atoms with E-state index in [4.69, 9.17) is 27.9 Å². The zero-order chi connectivity index (χ0) is 17.8. The van der Waals surface area contributed by atoms with E-state index in [0.29, 0.717) is 5.02 Å². The summed E-state index contributed by atoms with van der Waals surface area (Å²) in [5.74, 6) is -1.12. The smallest absolute Gasteiger partial charge is 0.316 e. The Balaban J connectivity index is 1.52. The molecule has 3 rings (SSSR count). The van der Waals surface area contributed by atoms with Crippen molar-refractivity contribution in [3.63, 3.8) is 0 Å². The van der Waals surface area contributed by atoms with Crippen LogP contribution < -0.4 is 10.1 Å². The largest absolute Gasteiger partial charge is 0.460 e. The van der Waals surface area contributed by atoms with Crippen molar-refractivity contribution in [2.24, 2.45) is 0 Å². The molecule has 1 heterocycles. The Hall–Kier alpha value is -1.92. The molecule has 0 bridgehead atoms. The summed E-state index contributed by atoms with van der Waals surface area (Å²) in [4.78, 5) is 20.3. The fraction of sp³-hybridized carbons (Fsp3) is 0.353. The summed E-state index contributed by atoms with van der Waals surface area (Å²) in [5.41, 5.74) is -0.114. The average molecular weight is 384 g/mol. The van der Waals surface area contributed by atoms with Gasteiger partial charge in [-0.05, 0) is 37.8 Å². The molecule has 132 valence electrons. The molecule has 25 heavy (non-hydrogen) atoms. The quantitative estimate of drug-likeness (QED) is 0.864. The minimum Gasteiger partial charge on any atom is -0.460 e. The summed E-state index contributed by atoms with van der Waals surface area (Å²) in [7, 11) is 0. The third-order valence-electron chi connectivity index (χ3n) is 4.07. The Bertz CT molecular complexity index is 730. The van der Waals surface area contributed by atoms with Gasteiger partial charge in [0.15, 0.2) is 0 Å². The highest BCUT2D eigenvalue weighted by molar-refractivity contribution is 6.33. The van der Waals surface area contributed by atoms with E-state index >= 15 is 0 Å². The lowest BCUT2D eigenvalue weighted by molar-refractivity contribution is 0.0881. The molecule has 0 saturated heterocycles. The number of nitrogens with one attached hydrogen (secondary N) is 1. The lowest BCUT2D eigenvalue weighted by atomic mass is 9.92. The number of hydrogen-bond donors (Lipinski definition) is 1. The number of carbonyl (C=O) groups is 1. The molecule has 1 aromatic carbocycles. The zero-order valence-electron chi connectivity index (χ0n) is 13.2. The Morgan fingerprint density at radius 2 is 1.84 bits per heavy atom. The second-order valence-corrected chi connectivity index (χ2v) is 6.69. The Morgan fingerprint density at radius 3 is 2.48 bits per heavy atom. The van der Waals surface area contributed by atoms with Gasteiger partial charge in [-0.25, -0.2) is 14.4 Å². The highest BCUT2D eigenvalue weighted by Gasteiger charge is 2.26. The fourth-order valence-electron chi connectivity index (χ4n) is 2.81. The van der Waals surface area contributed by atoms with E-state index in [9.17, 15) is 9.18 Å². The third kappa shape index (κ3) is 4.58. The first kappa shape index (κ1) is 17.9. The molecule has 0 spiro atoms. The van der Waals surface area contributed by atoms with Crippen LogP contribution in [-0.4, -0.2) is 28.0 Å². The van der Waals surface area contributed by atoms with Crippen molar-refractivity contribution in [3.8, 4) is 6.01 Å². The van der Waals surface area contributed by atoms with E-state index in [1.807, 2.05) is 0 Å². The van der Waals surface area contributed by atoms with Gasteiger partial charge in [0.05, 0.1) is 28.0 Å². The van der Waals surface area contributed by atoms with Crippen molar-refractivity contribution in [2.45, 2.75) is 37.8 Å². The second kappa shape index (κ2) is 7.97. The molecule has 8 heteroatoms. The lowest BCUT2D eigenvalue weighted by Gasteiger charge is -2.29. The van der Waals surface area contributed by atoms with Gasteiger partial charge in [-0.15, -0.1) is 0 Å². The zero-order valence-corrected chi connectivity index (χ0v) is 14.7. The van der Waals surface area contributed by atoms with Crippen LogP contribution in [0.25, 0.3) is 0 Å². The molecule has 2 aromatic rings. The minimum absolute atomic E-state index is 0.0219. The number of nitrogens with zero attached hydrogens (tertiary/aromatic N) is 2. The second-order valence-electron chi connectivity index (χ2n) is 5.85. The first-order valence-corrected chi connectivity index (χ1v) is 8.67. The maximum Gasteiger partial charge on any atom is 0.316 e. The van der Waals surface area contributed by atoms with Gasteiger partial charge >= 0.3 is 6.01 Å². The highest BCUT2D eigenvalue weighted by Crippen LogP contribution is 2.24. The number of rotatable bonds is 4. The molecule has 0 atom stereocenters. The predicted molar refractivity (Wildman–Crippen MR) is 92.6 cm³/mol. The molecule has 1 saturated carbocycles. The summed E-state index contributed by atoms with van der Waals surface area (Å²) >= 11 is 11.7. The Kier molecular flexibility index (Phi) is 5.71. The Labute approximate surface area is 154 Å². The van der Waals surface area contributed by atoms with Crippen LogP contribution in [0.3, 0.4) is 0 Å². The van der Waals surface area contributed by atoms with Gasteiger partial charge in [-0.2, -0.15) is 0 Å².